The van der Waals surface area contributed by atoms with Gasteiger partial charge in [-0.05, 0) is 72.0 Å². The Kier molecular flexibility index (Phi) is 9.17. The van der Waals surface area contributed by atoms with Gasteiger partial charge in [-0.1, -0.05) is 48.5 Å². The quantitative estimate of drug-likeness (QED) is 0.146. The maximum Gasteiger partial charge on any atom is 0.272 e. The number of nitrogen functional groups attached to an aromatic ring is 1. The minimum atomic E-state index is -3.32. The monoisotopic (exact) mass is 582 g/mol. The van der Waals surface area contributed by atoms with Gasteiger partial charge in [0.15, 0.2) is 0 Å². The first-order valence-electron chi connectivity index (χ1n) is 11.9. The van der Waals surface area contributed by atoms with Crippen LogP contribution < -0.4 is 15.2 Å². The number of aryl methyl sites for hydroxylation is 2. The lowest BCUT2D eigenvalue weighted by molar-refractivity contribution is -0.385. The first-order chi connectivity index (χ1) is 18.6. The molecular weight excluding hydrogens is 552 g/mol. The first kappa shape index (κ1) is 30.1. The predicted molar refractivity (Wildman–Crippen MR) is 161 cm³/mol. The number of hydrogen-bond acceptors (Lipinski definition) is 7. The Morgan fingerprint density at radius 3 is 1.38 bits per heavy atom. The number of rotatable bonds is 7. The van der Waals surface area contributed by atoms with Crippen LogP contribution in [-0.4, -0.2) is 34.3 Å². The van der Waals surface area contributed by atoms with Crippen molar-refractivity contribution in [1.29, 1.82) is 0 Å². The Morgan fingerprint density at radius 2 is 1.00 bits per heavy atom. The van der Waals surface area contributed by atoms with Gasteiger partial charge in [0.05, 0.1) is 17.4 Å². The zero-order valence-electron chi connectivity index (χ0n) is 22.4. The lowest BCUT2D eigenvalue weighted by Gasteiger charge is -2.07. The molecule has 4 aromatic carbocycles. The molecule has 4 rings (SSSR count). The molecule has 0 heterocycles. The van der Waals surface area contributed by atoms with Crippen molar-refractivity contribution < 1.29 is 21.8 Å². The molecule has 0 radical (unpaired) electrons. The second kappa shape index (κ2) is 12.2. The van der Waals surface area contributed by atoms with Gasteiger partial charge < -0.3 is 5.73 Å². The summed E-state index contributed by atoms with van der Waals surface area (Å²) in [6.07, 6.45) is 2.20. The fraction of sp³-hybridized carbons (Fsp3) is 0.143. The minimum Gasteiger partial charge on any atom is -0.398 e. The number of nitrogens with zero attached hydrogens (tertiary/aromatic N) is 1. The summed E-state index contributed by atoms with van der Waals surface area (Å²) in [5.74, 6) is 0. The fourth-order valence-electron chi connectivity index (χ4n) is 3.70. The smallest absolute Gasteiger partial charge is 0.272 e. The number of anilines is 3. The van der Waals surface area contributed by atoms with E-state index >= 15 is 0 Å². The molecule has 210 valence electrons. The largest absolute Gasteiger partial charge is 0.398 e. The summed E-state index contributed by atoms with van der Waals surface area (Å²) >= 11 is 0. The van der Waals surface area contributed by atoms with Gasteiger partial charge in [-0.15, -0.1) is 0 Å². The summed E-state index contributed by atoms with van der Waals surface area (Å²) in [4.78, 5) is 10.5. The molecule has 10 nitrogen and oxygen atoms in total. The summed E-state index contributed by atoms with van der Waals surface area (Å²) < 4.78 is 49.3. The number of nitro benzene ring substituents is 1. The molecule has 0 bridgehead atoms. The molecule has 4 aromatic rings. The second-order valence-corrected chi connectivity index (χ2v) is 12.7. The lowest BCUT2D eigenvalue weighted by atomic mass is 10.0. The number of nitrogens with one attached hydrogen (secondary N) is 2. The summed E-state index contributed by atoms with van der Waals surface area (Å²) in [7, 11) is -6.55. The second-order valence-electron chi connectivity index (χ2n) is 9.23. The van der Waals surface area contributed by atoms with E-state index in [1.165, 1.54) is 6.07 Å². The SMILES string of the molecule is Cc1ccc(-c2ccc(NS(C)(=O)=O)cc2)cc1N.Cc1ccc(-c2ccc(NS(C)(=O)=O)cc2)cc1[N+](=O)[O-]. The number of hydrogen-bond donors (Lipinski definition) is 3. The van der Waals surface area contributed by atoms with Gasteiger partial charge in [0, 0.05) is 28.7 Å². The van der Waals surface area contributed by atoms with Crippen molar-refractivity contribution >= 4 is 42.8 Å². The van der Waals surface area contributed by atoms with Crippen molar-refractivity contribution in [3.8, 4) is 22.3 Å². The van der Waals surface area contributed by atoms with Crippen LogP contribution in [0.4, 0.5) is 22.7 Å². The van der Waals surface area contributed by atoms with Crippen LogP contribution in [0.25, 0.3) is 22.3 Å². The van der Waals surface area contributed by atoms with Crippen LogP contribution in [0.1, 0.15) is 11.1 Å². The Labute approximate surface area is 234 Å². The van der Waals surface area contributed by atoms with E-state index in [1.807, 2.05) is 37.3 Å². The maximum absolute atomic E-state index is 11.1. The van der Waals surface area contributed by atoms with Crippen molar-refractivity contribution in [2.24, 2.45) is 0 Å². The number of nitro groups is 1. The average Bonchev–Trinajstić information content (AvgIpc) is 2.85. The fourth-order valence-corrected chi connectivity index (χ4v) is 4.82. The summed E-state index contributed by atoms with van der Waals surface area (Å²) in [6.45, 7) is 3.64. The zero-order valence-corrected chi connectivity index (χ0v) is 24.0. The van der Waals surface area contributed by atoms with E-state index < -0.39 is 25.0 Å². The van der Waals surface area contributed by atoms with Crippen LogP contribution >= 0.6 is 0 Å². The van der Waals surface area contributed by atoms with E-state index in [1.54, 1.807) is 55.5 Å². The van der Waals surface area contributed by atoms with E-state index in [9.17, 15) is 26.9 Å². The average molecular weight is 583 g/mol. The third-order valence-corrected chi connectivity index (χ3v) is 6.94. The van der Waals surface area contributed by atoms with E-state index in [2.05, 4.69) is 9.44 Å². The Hall–Kier alpha value is -4.42. The molecule has 0 spiro atoms. The molecule has 0 fully saturated rings. The molecule has 0 aliphatic rings. The molecule has 0 aliphatic heterocycles. The highest BCUT2D eigenvalue weighted by Gasteiger charge is 2.12. The highest BCUT2D eigenvalue weighted by Crippen LogP contribution is 2.28. The minimum absolute atomic E-state index is 0.0610. The van der Waals surface area contributed by atoms with Crippen LogP contribution in [-0.2, 0) is 20.0 Å². The van der Waals surface area contributed by atoms with E-state index in [4.69, 9.17) is 5.73 Å². The molecule has 0 unspecified atom stereocenters. The first-order valence-corrected chi connectivity index (χ1v) is 15.7. The summed E-state index contributed by atoms with van der Waals surface area (Å²) in [5.41, 5.74) is 12.8. The van der Waals surface area contributed by atoms with Gasteiger partial charge in [-0.2, -0.15) is 0 Å². The van der Waals surface area contributed by atoms with Crippen LogP contribution in [0.15, 0.2) is 84.9 Å². The predicted octanol–water partition coefficient (Wildman–Crippen LogP) is 5.56. The van der Waals surface area contributed by atoms with Gasteiger partial charge >= 0.3 is 0 Å². The van der Waals surface area contributed by atoms with E-state index in [0.29, 0.717) is 22.5 Å². The highest BCUT2D eigenvalue weighted by atomic mass is 32.2. The molecule has 12 heteroatoms. The van der Waals surface area contributed by atoms with Gasteiger partial charge in [0.25, 0.3) is 5.69 Å². The molecule has 0 amide bonds. The Bertz CT molecular complexity index is 1740. The maximum atomic E-state index is 11.1. The highest BCUT2D eigenvalue weighted by molar-refractivity contribution is 7.92. The number of benzene rings is 4. The topological polar surface area (TPSA) is 162 Å². The van der Waals surface area contributed by atoms with Gasteiger partial charge in [0.1, 0.15) is 0 Å². The number of nitrogens with two attached hydrogens (primary N) is 1. The molecule has 0 saturated carbocycles. The molecule has 4 N–H and O–H groups in total. The van der Waals surface area contributed by atoms with Crippen molar-refractivity contribution in [2.75, 3.05) is 27.7 Å². The van der Waals surface area contributed by atoms with Crippen molar-refractivity contribution in [3.63, 3.8) is 0 Å². The van der Waals surface area contributed by atoms with E-state index in [0.717, 1.165) is 40.5 Å². The van der Waals surface area contributed by atoms with Crippen LogP contribution in [0, 0.1) is 24.0 Å². The zero-order chi connectivity index (χ0) is 29.7. The molecule has 0 saturated heterocycles. The Morgan fingerprint density at radius 1 is 0.625 bits per heavy atom. The molecular formula is C28H30N4O6S2. The molecule has 0 aliphatic carbocycles. The van der Waals surface area contributed by atoms with Crippen molar-refractivity contribution in [3.05, 3.63) is 106 Å². The summed E-state index contributed by atoms with van der Waals surface area (Å²) in [5, 5.41) is 10.9. The van der Waals surface area contributed by atoms with Crippen molar-refractivity contribution in [2.45, 2.75) is 13.8 Å². The number of sulfonamides is 2. The standard InChI is InChI=1S/C14H14N2O4S.C14H16N2O2S/c1-10-3-4-12(9-14(10)16(17)18)11-5-7-13(8-6-11)15-21(2,19)20;1-10-3-4-12(9-14(10)15)11-5-7-13(8-6-11)16-19(2,17)18/h3-9,15H,1-2H3;3-9,16H,15H2,1-2H3. The van der Waals surface area contributed by atoms with Gasteiger partial charge in [-0.25, -0.2) is 16.8 Å². The lowest BCUT2D eigenvalue weighted by Crippen LogP contribution is -2.09. The third-order valence-electron chi connectivity index (χ3n) is 5.73. The van der Waals surface area contributed by atoms with Gasteiger partial charge in [-0.3, -0.25) is 19.6 Å². The van der Waals surface area contributed by atoms with Crippen LogP contribution in [0.2, 0.25) is 0 Å². The van der Waals surface area contributed by atoms with Crippen molar-refractivity contribution in [1.82, 2.24) is 0 Å². The molecule has 0 atom stereocenters. The van der Waals surface area contributed by atoms with Crippen LogP contribution in [0.5, 0.6) is 0 Å². The third kappa shape index (κ3) is 8.82. The van der Waals surface area contributed by atoms with Crippen LogP contribution in [0.3, 0.4) is 0 Å². The van der Waals surface area contributed by atoms with E-state index in [-0.39, 0.29) is 5.69 Å². The van der Waals surface area contributed by atoms with Gasteiger partial charge in [0.2, 0.25) is 20.0 Å². The Balaban J connectivity index is 0.000000222. The molecule has 40 heavy (non-hydrogen) atoms. The normalized spacial score (nSPS) is 11.2. The summed E-state index contributed by atoms with van der Waals surface area (Å²) in [6, 6.07) is 24.7. The molecule has 0 aromatic heterocycles.